The van der Waals surface area contributed by atoms with Gasteiger partial charge in [-0.15, -0.1) is 0 Å². The molecule has 0 aromatic heterocycles. The molecule has 0 aromatic carbocycles. The molecule has 1 saturated heterocycles. The normalized spacial score (nSPS) is 18.6. The molecule has 1 fully saturated rings. The Bertz CT molecular complexity index is 245. The Kier molecular flexibility index (Phi) is 5.36. The third-order valence-electron chi connectivity index (χ3n) is 3.06. The number of aliphatic carboxylic acids is 1. The standard InChI is InChI=1S/C12H24N2O3/c1-12(2,3)14(10-11(15)16)5-4-13-6-8-17-9-7-13/h4-10H2,1-3H3,(H,15,16). The van der Waals surface area contributed by atoms with Crippen LogP contribution in [0.5, 0.6) is 0 Å². The number of hydrogen-bond acceptors (Lipinski definition) is 4. The van der Waals surface area contributed by atoms with Gasteiger partial charge in [-0.05, 0) is 20.8 Å². The van der Waals surface area contributed by atoms with Crippen molar-refractivity contribution in [2.45, 2.75) is 26.3 Å². The lowest BCUT2D eigenvalue weighted by Crippen LogP contribution is -2.49. The molecule has 0 aliphatic carbocycles. The fourth-order valence-corrected chi connectivity index (χ4v) is 1.90. The Balaban J connectivity index is 2.40. The molecule has 0 unspecified atom stereocenters. The summed E-state index contributed by atoms with van der Waals surface area (Å²) in [4.78, 5) is 15.2. The summed E-state index contributed by atoms with van der Waals surface area (Å²) in [5.74, 6) is -0.762. The lowest BCUT2D eigenvalue weighted by atomic mass is 10.1. The van der Waals surface area contributed by atoms with Gasteiger partial charge in [-0.25, -0.2) is 0 Å². The van der Waals surface area contributed by atoms with E-state index in [1.807, 2.05) is 4.90 Å². The molecular weight excluding hydrogens is 220 g/mol. The molecule has 5 heteroatoms. The molecule has 1 aliphatic heterocycles. The minimum atomic E-state index is -0.762. The summed E-state index contributed by atoms with van der Waals surface area (Å²) in [6.45, 7) is 11.4. The number of ether oxygens (including phenoxy) is 1. The van der Waals surface area contributed by atoms with E-state index in [9.17, 15) is 4.79 Å². The highest BCUT2D eigenvalue weighted by Crippen LogP contribution is 2.12. The number of rotatable bonds is 5. The molecule has 0 atom stereocenters. The van der Waals surface area contributed by atoms with Crippen LogP contribution in [0, 0.1) is 0 Å². The Hall–Kier alpha value is -0.650. The molecule has 0 bridgehead atoms. The zero-order chi connectivity index (χ0) is 12.9. The first kappa shape index (κ1) is 14.4. The highest BCUT2D eigenvalue weighted by atomic mass is 16.5. The SMILES string of the molecule is CC(C)(C)N(CCN1CCOCC1)CC(=O)O. The van der Waals surface area contributed by atoms with Crippen molar-refractivity contribution in [1.82, 2.24) is 9.80 Å². The molecule has 0 amide bonds. The molecular formula is C12H24N2O3. The summed E-state index contributed by atoms with van der Waals surface area (Å²) in [5, 5.41) is 8.91. The van der Waals surface area contributed by atoms with E-state index in [4.69, 9.17) is 9.84 Å². The van der Waals surface area contributed by atoms with Crippen LogP contribution in [0.4, 0.5) is 0 Å². The van der Waals surface area contributed by atoms with Crippen LogP contribution in [0.2, 0.25) is 0 Å². The van der Waals surface area contributed by atoms with E-state index in [0.29, 0.717) is 0 Å². The van der Waals surface area contributed by atoms with Crippen LogP contribution in [-0.4, -0.2) is 72.4 Å². The van der Waals surface area contributed by atoms with Crippen LogP contribution in [0.1, 0.15) is 20.8 Å². The molecule has 1 rings (SSSR count). The molecule has 100 valence electrons. The maximum Gasteiger partial charge on any atom is 0.317 e. The monoisotopic (exact) mass is 244 g/mol. The van der Waals surface area contributed by atoms with Gasteiger partial charge in [-0.3, -0.25) is 14.6 Å². The fourth-order valence-electron chi connectivity index (χ4n) is 1.90. The highest BCUT2D eigenvalue weighted by Gasteiger charge is 2.24. The first-order valence-electron chi connectivity index (χ1n) is 6.16. The largest absolute Gasteiger partial charge is 0.480 e. The Labute approximate surface area is 103 Å². The van der Waals surface area contributed by atoms with Crippen molar-refractivity contribution >= 4 is 5.97 Å². The first-order chi connectivity index (χ1) is 7.89. The van der Waals surface area contributed by atoms with Crippen molar-refractivity contribution in [1.29, 1.82) is 0 Å². The number of carboxylic acids is 1. The predicted molar refractivity (Wildman–Crippen MR) is 66.2 cm³/mol. The molecule has 0 spiro atoms. The van der Waals surface area contributed by atoms with E-state index in [1.54, 1.807) is 0 Å². The van der Waals surface area contributed by atoms with Crippen molar-refractivity contribution in [2.75, 3.05) is 45.9 Å². The number of morpholine rings is 1. The number of carbonyl (C=O) groups is 1. The van der Waals surface area contributed by atoms with Crippen LogP contribution in [-0.2, 0) is 9.53 Å². The summed E-state index contributed by atoms with van der Waals surface area (Å²) in [5.41, 5.74) is -0.106. The van der Waals surface area contributed by atoms with E-state index in [1.165, 1.54) is 0 Å². The molecule has 1 heterocycles. The maximum absolute atomic E-state index is 10.8. The zero-order valence-electron chi connectivity index (χ0n) is 11.1. The van der Waals surface area contributed by atoms with Crippen LogP contribution in [0.15, 0.2) is 0 Å². The van der Waals surface area contributed by atoms with Gasteiger partial charge in [-0.1, -0.05) is 0 Å². The van der Waals surface area contributed by atoms with Crippen LogP contribution in [0.3, 0.4) is 0 Å². The summed E-state index contributed by atoms with van der Waals surface area (Å²) in [6.07, 6.45) is 0. The van der Waals surface area contributed by atoms with Crippen molar-refractivity contribution in [3.8, 4) is 0 Å². The van der Waals surface area contributed by atoms with E-state index in [-0.39, 0.29) is 12.1 Å². The molecule has 0 aromatic rings. The van der Waals surface area contributed by atoms with Gasteiger partial charge in [0.05, 0.1) is 19.8 Å². The lowest BCUT2D eigenvalue weighted by molar-refractivity contribution is -0.139. The van der Waals surface area contributed by atoms with Gasteiger partial charge in [0, 0.05) is 31.7 Å². The highest BCUT2D eigenvalue weighted by molar-refractivity contribution is 5.69. The van der Waals surface area contributed by atoms with E-state index < -0.39 is 5.97 Å². The van der Waals surface area contributed by atoms with Crippen LogP contribution in [0.25, 0.3) is 0 Å². The second-order valence-corrected chi connectivity index (χ2v) is 5.44. The maximum atomic E-state index is 10.8. The number of hydrogen-bond donors (Lipinski definition) is 1. The van der Waals surface area contributed by atoms with Crippen molar-refractivity contribution in [3.63, 3.8) is 0 Å². The van der Waals surface area contributed by atoms with E-state index in [2.05, 4.69) is 25.7 Å². The summed E-state index contributed by atoms with van der Waals surface area (Å²) < 4.78 is 5.29. The van der Waals surface area contributed by atoms with E-state index >= 15 is 0 Å². The van der Waals surface area contributed by atoms with Gasteiger partial charge in [-0.2, -0.15) is 0 Å². The summed E-state index contributed by atoms with van der Waals surface area (Å²) in [7, 11) is 0. The second kappa shape index (κ2) is 6.33. The van der Waals surface area contributed by atoms with Crippen molar-refractivity contribution in [2.24, 2.45) is 0 Å². The number of carboxylic acid groups (broad SMARTS) is 1. The van der Waals surface area contributed by atoms with Crippen LogP contribution >= 0.6 is 0 Å². The summed E-state index contributed by atoms with van der Waals surface area (Å²) >= 11 is 0. The molecule has 17 heavy (non-hydrogen) atoms. The topological polar surface area (TPSA) is 53.0 Å². The third kappa shape index (κ3) is 5.48. The van der Waals surface area contributed by atoms with Crippen LogP contribution < -0.4 is 0 Å². The third-order valence-corrected chi connectivity index (χ3v) is 3.06. The van der Waals surface area contributed by atoms with E-state index in [0.717, 1.165) is 39.4 Å². The van der Waals surface area contributed by atoms with Crippen molar-refractivity contribution in [3.05, 3.63) is 0 Å². The molecule has 0 radical (unpaired) electrons. The molecule has 0 saturated carbocycles. The van der Waals surface area contributed by atoms with Gasteiger partial charge in [0.1, 0.15) is 0 Å². The minimum Gasteiger partial charge on any atom is -0.480 e. The average Bonchev–Trinajstić information content (AvgIpc) is 2.23. The first-order valence-corrected chi connectivity index (χ1v) is 6.16. The minimum absolute atomic E-state index is 0.105. The van der Waals surface area contributed by atoms with Gasteiger partial charge < -0.3 is 9.84 Å². The van der Waals surface area contributed by atoms with Gasteiger partial charge in [0.2, 0.25) is 0 Å². The lowest BCUT2D eigenvalue weighted by Gasteiger charge is -2.36. The zero-order valence-corrected chi connectivity index (χ0v) is 11.1. The Morgan fingerprint density at radius 1 is 1.35 bits per heavy atom. The molecule has 1 N–H and O–H groups in total. The smallest absolute Gasteiger partial charge is 0.317 e. The Morgan fingerprint density at radius 2 is 1.94 bits per heavy atom. The Morgan fingerprint density at radius 3 is 2.41 bits per heavy atom. The average molecular weight is 244 g/mol. The van der Waals surface area contributed by atoms with Crippen molar-refractivity contribution < 1.29 is 14.6 Å². The summed E-state index contributed by atoms with van der Waals surface area (Å²) in [6, 6.07) is 0. The quantitative estimate of drug-likeness (QED) is 0.763. The number of nitrogens with zero attached hydrogens (tertiary/aromatic N) is 2. The van der Waals surface area contributed by atoms with Gasteiger partial charge in [0.25, 0.3) is 0 Å². The van der Waals surface area contributed by atoms with Gasteiger partial charge in [0.15, 0.2) is 0 Å². The molecule has 5 nitrogen and oxygen atoms in total. The fraction of sp³-hybridized carbons (Fsp3) is 0.917. The van der Waals surface area contributed by atoms with Gasteiger partial charge >= 0.3 is 5.97 Å². The predicted octanol–water partition coefficient (Wildman–Crippen LogP) is 0.504. The molecule has 1 aliphatic rings. The second-order valence-electron chi connectivity index (χ2n) is 5.44.